The van der Waals surface area contributed by atoms with Crippen molar-refractivity contribution in [2.24, 2.45) is 0 Å². The molecule has 0 spiro atoms. The molecule has 0 radical (unpaired) electrons. The van der Waals surface area contributed by atoms with Gasteiger partial charge in [0.1, 0.15) is 11.5 Å². The summed E-state index contributed by atoms with van der Waals surface area (Å²) in [7, 11) is 0. The van der Waals surface area contributed by atoms with Gasteiger partial charge in [-0.15, -0.1) is 0 Å². The molecule has 0 amide bonds. The van der Waals surface area contributed by atoms with Crippen LogP contribution in [-0.4, -0.2) is 22.8 Å². The van der Waals surface area contributed by atoms with Gasteiger partial charge in [0.15, 0.2) is 0 Å². The molecular weight excluding hydrogens is 274 g/mol. The Labute approximate surface area is 122 Å². The van der Waals surface area contributed by atoms with Crippen molar-refractivity contribution in [3.8, 4) is 5.75 Å². The number of carbonyl (C=O) groups is 1. The number of aliphatic hydroxyl groups excluding tert-OH is 1. The van der Waals surface area contributed by atoms with E-state index in [0.29, 0.717) is 30.2 Å². The molecule has 1 aromatic carbocycles. The predicted molar refractivity (Wildman–Crippen MR) is 76.5 cm³/mol. The van der Waals surface area contributed by atoms with Gasteiger partial charge in [-0.3, -0.25) is 0 Å². The molecule has 0 saturated carbocycles. The Morgan fingerprint density at radius 3 is 2.76 bits per heavy atom. The summed E-state index contributed by atoms with van der Waals surface area (Å²) in [4.78, 5) is 10.7. The minimum atomic E-state index is -1.09. The summed E-state index contributed by atoms with van der Waals surface area (Å²) in [5, 5.41) is 21.2. The van der Waals surface area contributed by atoms with E-state index < -0.39 is 5.97 Å². The van der Waals surface area contributed by atoms with Crippen LogP contribution in [0.1, 0.15) is 28.8 Å². The fourth-order valence-corrected chi connectivity index (χ4v) is 1.89. The van der Waals surface area contributed by atoms with Crippen molar-refractivity contribution in [2.75, 3.05) is 11.9 Å². The maximum atomic E-state index is 10.7. The molecule has 0 aliphatic carbocycles. The number of nitrogens with one attached hydrogen (secondary N) is 1. The van der Waals surface area contributed by atoms with Crippen molar-refractivity contribution < 1.29 is 24.2 Å². The molecule has 3 N–H and O–H groups in total. The SMILES string of the molecule is CCOc1ccc(NCc2ccc(C(=O)O)o2)cc1CO. The maximum absolute atomic E-state index is 10.7. The summed E-state index contributed by atoms with van der Waals surface area (Å²) in [5.41, 5.74) is 1.48. The van der Waals surface area contributed by atoms with Crippen LogP contribution < -0.4 is 10.1 Å². The molecule has 0 unspecified atom stereocenters. The molecule has 6 heteroatoms. The van der Waals surface area contributed by atoms with Gasteiger partial charge in [-0.25, -0.2) is 4.79 Å². The van der Waals surface area contributed by atoms with Crippen LogP contribution >= 0.6 is 0 Å². The van der Waals surface area contributed by atoms with Gasteiger partial charge in [0.05, 0.1) is 19.8 Å². The molecule has 0 aliphatic rings. The molecule has 112 valence electrons. The van der Waals surface area contributed by atoms with E-state index in [4.69, 9.17) is 14.3 Å². The number of rotatable bonds is 7. The van der Waals surface area contributed by atoms with Gasteiger partial charge >= 0.3 is 5.97 Å². The largest absolute Gasteiger partial charge is 0.494 e. The number of aromatic carboxylic acids is 1. The van der Waals surface area contributed by atoms with Crippen LogP contribution in [-0.2, 0) is 13.2 Å². The summed E-state index contributed by atoms with van der Waals surface area (Å²) >= 11 is 0. The lowest BCUT2D eigenvalue weighted by atomic mass is 10.2. The average molecular weight is 291 g/mol. The zero-order valence-corrected chi connectivity index (χ0v) is 11.6. The molecule has 2 rings (SSSR count). The number of hydrogen-bond donors (Lipinski definition) is 3. The number of carboxylic acids is 1. The maximum Gasteiger partial charge on any atom is 0.371 e. The second-order valence-corrected chi connectivity index (χ2v) is 4.34. The minimum absolute atomic E-state index is 0.0884. The highest BCUT2D eigenvalue weighted by Gasteiger charge is 2.09. The molecule has 0 saturated heterocycles. The molecule has 0 aliphatic heterocycles. The van der Waals surface area contributed by atoms with Crippen molar-refractivity contribution in [1.29, 1.82) is 0 Å². The zero-order valence-electron chi connectivity index (χ0n) is 11.6. The van der Waals surface area contributed by atoms with Crippen molar-refractivity contribution in [3.05, 3.63) is 47.4 Å². The minimum Gasteiger partial charge on any atom is -0.494 e. The lowest BCUT2D eigenvalue weighted by Gasteiger charge is -2.11. The summed E-state index contributed by atoms with van der Waals surface area (Å²) in [6.07, 6.45) is 0. The van der Waals surface area contributed by atoms with Crippen LogP contribution in [0.4, 0.5) is 5.69 Å². The second-order valence-electron chi connectivity index (χ2n) is 4.34. The highest BCUT2D eigenvalue weighted by atomic mass is 16.5. The molecule has 0 atom stereocenters. The van der Waals surface area contributed by atoms with Crippen LogP contribution in [0.25, 0.3) is 0 Å². The third-order valence-electron chi connectivity index (χ3n) is 2.87. The Bertz CT molecular complexity index is 620. The molecule has 1 aromatic heterocycles. The highest BCUT2D eigenvalue weighted by Crippen LogP contribution is 2.23. The van der Waals surface area contributed by atoms with Gasteiger partial charge in [0.2, 0.25) is 5.76 Å². The fourth-order valence-electron chi connectivity index (χ4n) is 1.89. The van der Waals surface area contributed by atoms with Gasteiger partial charge in [-0.1, -0.05) is 0 Å². The van der Waals surface area contributed by atoms with Gasteiger partial charge in [0, 0.05) is 11.3 Å². The van der Waals surface area contributed by atoms with Crippen LogP contribution in [0.5, 0.6) is 5.75 Å². The number of furan rings is 1. The van der Waals surface area contributed by atoms with Gasteiger partial charge in [-0.2, -0.15) is 0 Å². The number of carboxylic acid groups (broad SMARTS) is 1. The van der Waals surface area contributed by atoms with E-state index >= 15 is 0 Å². The van der Waals surface area contributed by atoms with Gasteiger partial charge < -0.3 is 24.7 Å². The molecule has 0 bridgehead atoms. The first kappa shape index (κ1) is 14.9. The quantitative estimate of drug-likeness (QED) is 0.726. The molecule has 21 heavy (non-hydrogen) atoms. The Morgan fingerprint density at radius 2 is 2.14 bits per heavy atom. The Balaban J connectivity index is 2.03. The van der Waals surface area contributed by atoms with Crippen LogP contribution in [0.15, 0.2) is 34.7 Å². The molecule has 2 aromatic rings. The lowest BCUT2D eigenvalue weighted by Crippen LogP contribution is -2.01. The third-order valence-corrected chi connectivity index (χ3v) is 2.87. The molecular formula is C15H17NO5. The smallest absolute Gasteiger partial charge is 0.371 e. The first-order valence-electron chi connectivity index (χ1n) is 6.56. The fraction of sp³-hybridized carbons (Fsp3) is 0.267. The van der Waals surface area contributed by atoms with E-state index in [1.54, 1.807) is 18.2 Å². The van der Waals surface area contributed by atoms with Crippen LogP contribution in [0.2, 0.25) is 0 Å². The predicted octanol–water partition coefficient (Wildman–Crippen LogP) is 2.48. The average Bonchev–Trinajstić information content (AvgIpc) is 2.95. The first-order valence-corrected chi connectivity index (χ1v) is 6.56. The summed E-state index contributed by atoms with van der Waals surface area (Å²) in [6.45, 7) is 2.65. The molecule has 1 heterocycles. The number of benzene rings is 1. The van der Waals surface area contributed by atoms with E-state index in [2.05, 4.69) is 5.32 Å². The van der Waals surface area contributed by atoms with E-state index in [0.717, 1.165) is 5.69 Å². The van der Waals surface area contributed by atoms with Crippen molar-refractivity contribution in [1.82, 2.24) is 0 Å². The number of anilines is 1. The number of aliphatic hydroxyl groups is 1. The van der Waals surface area contributed by atoms with Gasteiger partial charge in [-0.05, 0) is 37.3 Å². The molecule has 0 fully saturated rings. The van der Waals surface area contributed by atoms with E-state index in [1.165, 1.54) is 6.07 Å². The first-order chi connectivity index (χ1) is 10.1. The normalized spacial score (nSPS) is 10.4. The topological polar surface area (TPSA) is 91.9 Å². The van der Waals surface area contributed by atoms with E-state index in [9.17, 15) is 9.90 Å². The monoisotopic (exact) mass is 291 g/mol. The van der Waals surface area contributed by atoms with Crippen molar-refractivity contribution >= 4 is 11.7 Å². The van der Waals surface area contributed by atoms with Crippen LogP contribution in [0, 0.1) is 0 Å². The van der Waals surface area contributed by atoms with Crippen LogP contribution in [0.3, 0.4) is 0 Å². The Kier molecular flexibility index (Phi) is 4.84. The van der Waals surface area contributed by atoms with E-state index in [1.807, 2.05) is 13.0 Å². The number of hydrogen-bond acceptors (Lipinski definition) is 5. The zero-order chi connectivity index (χ0) is 15.2. The van der Waals surface area contributed by atoms with Crippen molar-refractivity contribution in [2.45, 2.75) is 20.1 Å². The Hall–Kier alpha value is -2.47. The van der Waals surface area contributed by atoms with E-state index in [-0.39, 0.29) is 12.4 Å². The summed E-state index contributed by atoms with van der Waals surface area (Å²) < 4.78 is 10.6. The van der Waals surface area contributed by atoms with Crippen molar-refractivity contribution in [3.63, 3.8) is 0 Å². The lowest BCUT2D eigenvalue weighted by molar-refractivity contribution is 0.0660. The Morgan fingerprint density at radius 1 is 1.33 bits per heavy atom. The summed E-state index contributed by atoms with van der Waals surface area (Å²) in [6, 6.07) is 8.41. The summed E-state index contributed by atoms with van der Waals surface area (Å²) in [5.74, 6) is -0.0111. The standard InChI is InChI=1S/C15H17NO5/c1-2-20-13-5-3-11(7-10(13)9-17)16-8-12-4-6-14(21-12)15(18)19/h3-7,16-17H,2,8-9H2,1H3,(H,18,19). The second kappa shape index (κ2) is 6.81. The van der Waals surface area contributed by atoms with Gasteiger partial charge in [0.25, 0.3) is 0 Å². The molecule has 6 nitrogen and oxygen atoms in total. The third kappa shape index (κ3) is 3.76. The highest BCUT2D eigenvalue weighted by molar-refractivity contribution is 5.84. The number of ether oxygens (including phenoxy) is 1.